The van der Waals surface area contributed by atoms with Gasteiger partial charge in [-0.3, -0.25) is 9.36 Å². The van der Waals surface area contributed by atoms with Crippen molar-refractivity contribution in [2.45, 2.75) is 25.4 Å². The number of hydrogen-bond acceptors (Lipinski definition) is 3. The van der Waals surface area contributed by atoms with Gasteiger partial charge in [-0.15, -0.1) is 0 Å². The summed E-state index contributed by atoms with van der Waals surface area (Å²) in [4.78, 5) is 10.7. The molecule has 0 saturated carbocycles. The molecule has 0 aliphatic carbocycles. The molecule has 1 unspecified atom stereocenters. The van der Waals surface area contributed by atoms with Crippen molar-refractivity contribution in [1.82, 2.24) is 0 Å². The summed E-state index contributed by atoms with van der Waals surface area (Å²) in [5.74, 6) is -0.390. The van der Waals surface area contributed by atoms with E-state index < -0.39 is 11.6 Å². The molecule has 3 nitrogen and oxygen atoms in total. The zero-order valence-corrected chi connectivity index (χ0v) is 7.06. The number of carbonyl (C=O) groups is 1. The lowest BCUT2D eigenvalue weighted by molar-refractivity contribution is -0.140. The zero-order valence-electron chi connectivity index (χ0n) is 6.16. The van der Waals surface area contributed by atoms with E-state index in [4.69, 9.17) is 0 Å². The van der Waals surface area contributed by atoms with Crippen LogP contribution in [0.25, 0.3) is 0 Å². The SMILES string of the molecule is CCCC(P=O)C(=O)OC. The fourth-order valence-corrected chi connectivity index (χ4v) is 1.18. The molecule has 0 spiro atoms. The molecule has 0 radical (unpaired) electrons. The van der Waals surface area contributed by atoms with E-state index in [2.05, 4.69) is 4.74 Å². The Hall–Kier alpha value is -0.430. The Labute approximate surface area is 62.0 Å². The number of methoxy groups -OCH3 is 1. The lowest BCUT2D eigenvalue weighted by atomic mass is 10.2. The van der Waals surface area contributed by atoms with Gasteiger partial charge in [-0.25, -0.2) is 0 Å². The second-order valence-corrected chi connectivity index (χ2v) is 2.77. The number of hydrogen-bond donors (Lipinski definition) is 0. The van der Waals surface area contributed by atoms with Crippen molar-refractivity contribution in [3.63, 3.8) is 0 Å². The van der Waals surface area contributed by atoms with Gasteiger partial charge in [0.2, 0.25) is 0 Å². The van der Waals surface area contributed by atoms with Gasteiger partial charge in [-0.1, -0.05) is 13.3 Å². The molecule has 0 aromatic rings. The minimum Gasteiger partial charge on any atom is -0.468 e. The minimum atomic E-state index is -0.463. The van der Waals surface area contributed by atoms with Crippen molar-refractivity contribution in [2.24, 2.45) is 0 Å². The molecule has 4 heteroatoms. The van der Waals surface area contributed by atoms with E-state index in [1.54, 1.807) is 0 Å². The van der Waals surface area contributed by atoms with Gasteiger partial charge in [0.05, 0.1) is 7.11 Å². The average molecular weight is 162 g/mol. The Morgan fingerprint density at radius 1 is 1.70 bits per heavy atom. The molecule has 0 aromatic carbocycles. The van der Waals surface area contributed by atoms with Crippen LogP contribution in [0.5, 0.6) is 0 Å². The maximum atomic E-state index is 10.7. The quantitative estimate of drug-likeness (QED) is 0.466. The van der Waals surface area contributed by atoms with Crippen molar-refractivity contribution in [2.75, 3.05) is 7.11 Å². The summed E-state index contributed by atoms with van der Waals surface area (Å²) in [6.45, 7) is 1.93. The lowest BCUT2D eigenvalue weighted by Crippen LogP contribution is -2.15. The summed E-state index contributed by atoms with van der Waals surface area (Å²) < 4.78 is 14.7. The normalized spacial score (nSPS) is 13.0. The molecule has 0 N–H and O–H groups in total. The second-order valence-electron chi connectivity index (χ2n) is 1.93. The third-order valence-electron chi connectivity index (χ3n) is 1.16. The smallest absolute Gasteiger partial charge is 0.320 e. The lowest BCUT2D eigenvalue weighted by Gasteiger charge is -2.02. The summed E-state index contributed by atoms with van der Waals surface area (Å²) in [7, 11) is 1.16. The first-order valence-electron chi connectivity index (χ1n) is 3.16. The van der Waals surface area contributed by atoms with E-state index in [9.17, 15) is 9.36 Å². The van der Waals surface area contributed by atoms with E-state index in [0.29, 0.717) is 6.42 Å². The molecule has 0 heterocycles. The van der Waals surface area contributed by atoms with Crippen LogP contribution in [-0.4, -0.2) is 18.7 Å². The molecule has 0 fully saturated rings. The highest BCUT2D eigenvalue weighted by molar-refractivity contribution is 7.26. The Kier molecular flexibility index (Phi) is 5.13. The maximum absolute atomic E-state index is 10.7. The van der Waals surface area contributed by atoms with Crippen LogP contribution >= 0.6 is 8.46 Å². The van der Waals surface area contributed by atoms with E-state index >= 15 is 0 Å². The molecular formula is C6H11O3P. The van der Waals surface area contributed by atoms with Gasteiger partial charge in [0.25, 0.3) is 0 Å². The Morgan fingerprint density at radius 2 is 2.30 bits per heavy atom. The zero-order chi connectivity index (χ0) is 7.98. The summed E-state index contributed by atoms with van der Waals surface area (Å²) in [6, 6.07) is 0. The predicted octanol–water partition coefficient (Wildman–Crippen LogP) is 1.62. The summed E-state index contributed by atoms with van der Waals surface area (Å²) in [6.07, 6.45) is 1.47. The third-order valence-corrected chi connectivity index (χ3v) is 1.89. The first-order valence-corrected chi connectivity index (χ1v) is 4.04. The van der Waals surface area contributed by atoms with Crippen LogP contribution in [0.15, 0.2) is 0 Å². The van der Waals surface area contributed by atoms with Crippen molar-refractivity contribution in [3.8, 4) is 0 Å². The van der Waals surface area contributed by atoms with Crippen LogP contribution in [0.1, 0.15) is 19.8 Å². The molecule has 10 heavy (non-hydrogen) atoms. The van der Waals surface area contributed by atoms with Crippen LogP contribution in [-0.2, 0) is 14.1 Å². The summed E-state index contributed by atoms with van der Waals surface area (Å²) in [5.41, 5.74) is -0.463. The molecule has 0 saturated heterocycles. The molecule has 0 aliphatic heterocycles. The Balaban J connectivity index is 3.80. The van der Waals surface area contributed by atoms with E-state index in [1.807, 2.05) is 6.92 Å². The van der Waals surface area contributed by atoms with Gasteiger partial charge < -0.3 is 4.74 Å². The fraction of sp³-hybridized carbons (Fsp3) is 0.833. The molecule has 0 bridgehead atoms. The first-order chi connectivity index (χ1) is 4.76. The van der Waals surface area contributed by atoms with E-state index in [1.165, 1.54) is 7.11 Å². The maximum Gasteiger partial charge on any atom is 0.320 e. The largest absolute Gasteiger partial charge is 0.468 e. The minimum absolute atomic E-state index is 0.140. The fourth-order valence-electron chi connectivity index (χ4n) is 0.623. The molecule has 0 aromatic heterocycles. The molecule has 58 valence electrons. The highest BCUT2D eigenvalue weighted by Crippen LogP contribution is 2.13. The van der Waals surface area contributed by atoms with E-state index in [-0.39, 0.29) is 8.46 Å². The van der Waals surface area contributed by atoms with Crippen LogP contribution in [0, 0.1) is 0 Å². The van der Waals surface area contributed by atoms with Crippen LogP contribution < -0.4 is 0 Å². The van der Waals surface area contributed by atoms with Gasteiger partial charge in [-0.05, 0) is 6.42 Å². The van der Waals surface area contributed by atoms with Crippen molar-refractivity contribution in [3.05, 3.63) is 0 Å². The molecular weight excluding hydrogens is 151 g/mol. The Morgan fingerprint density at radius 3 is 2.60 bits per heavy atom. The van der Waals surface area contributed by atoms with Gasteiger partial charge in [0.15, 0.2) is 8.46 Å². The van der Waals surface area contributed by atoms with Crippen LogP contribution in [0.3, 0.4) is 0 Å². The molecule has 0 rings (SSSR count). The molecule has 0 aliphatic rings. The van der Waals surface area contributed by atoms with Crippen LogP contribution in [0.4, 0.5) is 0 Å². The summed E-state index contributed by atoms with van der Waals surface area (Å²) in [5, 5.41) is 0. The van der Waals surface area contributed by atoms with Gasteiger partial charge >= 0.3 is 5.97 Å². The second kappa shape index (κ2) is 5.36. The molecule has 1 atom stereocenters. The number of ether oxygens (including phenoxy) is 1. The molecule has 0 amide bonds. The van der Waals surface area contributed by atoms with E-state index in [0.717, 1.165) is 6.42 Å². The van der Waals surface area contributed by atoms with Gasteiger partial charge in [0, 0.05) is 0 Å². The predicted molar refractivity (Wildman–Crippen MR) is 38.3 cm³/mol. The highest BCUT2D eigenvalue weighted by atomic mass is 31.1. The topological polar surface area (TPSA) is 43.4 Å². The Bertz CT molecular complexity index is 124. The van der Waals surface area contributed by atoms with Crippen molar-refractivity contribution < 1.29 is 14.1 Å². The third kappa shape index (κ3) is 2.92. The van der Waals surface area contributed by atoms with Gasteiger partial charge in [0.1, 0.15) is 5.66 Å². The van der Waals surface area contributed by atoms with Gasteiger partial charge in [-0.2, -0.15) is 0 Å². The van der Waals surface area contributed by atoms with Crippen LogP contribution in [0.2, 0.25) is 0 Å². The monoisotopic (exact) mass is 162 g/mol. The highest BCUT2D eigenvalue weighted by Gasteiger charge is 2.17. The number of rotatable bonds is 4. The van der Waals surface area contributed by atoms with Crippen molar-refractivity contribution in [1.29, 1.82) is 0 Å². The summed E-state index contributed by atoms with van der Waals surface area (Å²) >= 11 is 0. The van der Waals surface area contributed by atoms with Crippen molar-refractivity contribution >= 4 is 14.4 Å². The standard InChI is InChI=1S/C6H11O3P/c1-3-4-5(10-8)6(7)9-2/h5H,3-4H2,1-2H3. The number of esters is 1. The first kappa shape index (κ1) is 9.57. The number of carbonyl (C=O) groups excluding carboxylic acids is 1. The average Bonchev–Trinajstić information content (AvgIpc) is 1.99.